The maximum Gasteiger partial charge on any atom is 0.416 e. The summed E-state index contributed by atoms with van der Waals surface area (Å²) in [5.74, 6) is -0.223. The van der Waals surface area contributed by atoms with Gasteiger partial charge in [-0.25, -0.2) is 0 Å². The largest absolute Gasteiger partial charge is 0.416 e. The first-order chi connectivity index (χ1) is 10.8. The molecule has 1 amide bonds. The number of hydrogen-bond acceptors (Lipinski definition) is 2. The summed E-state index contributed by atoms with van der Waals surface area (Å²) in [4.78, 5) is 14.4. The number of benzene rings is 1. The maximum atomic E-state index is 12.6. The number of alkyl halides is 3. The van der Waals surface area contributed by atoms with Gasteiger partial charge in [0.25, 0.3) is 0 Å². The van der Waals surface area contributed by atoms with E-state index in [1.165, 1.54) is 12.1 Å². The predicted octanol–water partition coefficient (Wildman–Crippen LogP) is 3.65. The molecule has 1 heterocycles. The van der Waals surface area contributed by atoms with Gasteiger partial charge >= 0.3 is 6.18 Å². The highest BCUT2D eigenvalue weighted by Gasteiger charge is 2.31. The van der Waals surface area contributed by atoms with E-state index in [0.29, 0.717) is 13.0 Å². The Balaban J connectivity index is 0.00000288. The average Bonchev–Trinajstić information content (AvgIpc) is 2.53. The molecule has 2 atom stereocenters. The normalized spacial score (nSPS) is 19.5. The number of rotatable bonds is 4. The van der Waals surface area contributed by atoms with Crippen molar-refractivity contribution in [1.82, 2.24) is 4.90 Å². The molecule has 1 aromatic rings. The fraction of sp³-hybridized carbons (Fsp3) is 0.588. The maximum absolute atomic E-state index is 12.6. The summed E-state index contributed by atoms with van der Waals surface area (Å²) in [6.07, 6.45) is -0.906. The van der Waals surface area contributed by atoms with Gasteiger partial charge in [0.2, 0.25) is 5.91 Å². The smallest absolute Gasteiger partial charge is 0.338 e. The number of amides is 1. The average molecular weight is 365 g/mol. The molecular formula is C17H24ClF3N2O. The molecule has 0 saturated carbocycles. The SMILES string of the molecule is CC(Cc1ccc(C(F)(F)F)cc1)C(=O)N1CCCCC1CN.Cl. The topological polar surface area (TPSA) is 46.3 Å². The Kier molecular flexibility index (Phi) is 7.55. The highest BCUT2D eigenvalue weighted by Crippen LogP contribution is 2.29. The van der Waals surface area contributed by atoms with Crippen LogP contribution in [-0.2, 0) is 17.4 Å². The standard InChI is InChI=1S/C17H23F3N2O.ClH/c1-12(16(23)22-9-3-2-4-15(22)11-21)10-13-5-7-14(8-6-13)17(18,19)20;/h5-8,12,15H,2-4,9-11,21H2,1H3;1H. The van der Waals surface area contributed by atoms with E-state index in [0.717, 1.165) is 43.5 Å². The fourth-order valence-corrected chi connectivity index (χ4v) is 3.09. The molecule has 0 bridgehead atoms. The van der Waals surface area contributed by atoms with Crippen LogP contribution in [0.5, 0.6) is 0 Å². The highest BCUT2D eigenvalue weighted by molar-refractivity contribution is 5.85. The fourth-order valence-electron chi connectivity index (χ4n) is 3.09. The van der Waals surface area contributed by atoms with Gasteiger partial charge < -0.3 is 10.6 Å². The lowest BCUT2D eigenvalue weighted by molar-refractivity contribution is -0.139. The lowest BCUT2D eigenvalue weighted by Crippen LogP contribution is -2.49. The van der Waals surface area contributed by atoms with Gasteiger partial charge in [0.1, 0.15) is 0 Å². The molecule has 1 aromatic carbocycles. The first-order valence-electron chi connectivity index (χ1n) is 7.99. The van der Waals surface area contributed by atoms with Crippen LogP contribution >= 0.6 is 12.4 Å². The van der Waals surface area contributed by atoms with Gasteiger partial charge in [-0.1, -0.05) is 19.1 Å². The minimum atomic E-state index is -4.33. The number of halogens is 4. The molecule has 1 aliphatic rings. The summed E-state index contributed by atoms with van der Waals surface area (Å²) in [5.41, 5.74) is 5.81. The lowest BCUT2D eigenvalue weighted by atomic mass is 9.95. The third kappa shape index (κ3) is 5.11. The van der Waals surface area contributed by atoms with E-state index in [1.54, 1.807) is 0 Å². The van der Waals surface area contributed by atoms with Crippen molar-refractivity contribution in [3.63, 3.8) is 0 Å². The van der Waals surface area contributed by atoms with Crippen LogP contribution in [0.2, 0.25) is 0 Å². The molecule has 3 nitrogen and oxygen atoms in total. The summed E-state index contributed by atoms with van der Waals surface area (Å²) >= 11 is 0. The van der Waals surface area contributed by atoms with Gasteiger partial charge in [-0.05, 0) is 43.4 Å². The Hall–Kier alpha value is -1.27. The Morgan fingerprint density at radius 3 is 2.46 bits per heavy atom. The Morgan fingerprint density at radius 2 is 1.92 bits per heavy atom. The first-order valence-corrected chi connectivity index (χ1v) is 7.99. The van der Waals surface area contributed by atoms with Crippen LogP contribution in [-0.4, -0.2) is 29.9 Å². The van der Waals surface area contributed by atoms with Crippen molar-refractivity contribution in [3.8, 4) is 0 Å². The van der Waals surface area contributed by atoms with Crippen LogP contribution in [0.25, 0.3) is 0 Å². The molecule has 0 radical (unpaired) electrons. The van der Waals surface area contributed by atoms with E-state index < -0.39 is 11.7 Å². The molecule has 1 aliphatic heterocycles. The summed E-state index contributed by atoms with van der Waals surface area (Å²) in [6, 6.07) is 5.12. The second-order valence-electron chi connectivity index (χ2n) is 6.22. The number of carbonyl (C=O) groups is 1. The van der Waals surface area contributed by atoms with Crippen molar-refractivity contribution in [2.24, 2.45) is 11.7 Å². The summed E-state index contributed by atoms with van der Waals surface area (Å²) in [6.45, 7) is 3.00. The minimum Gasteiger partial charge on any atom is -0.338 e. The number of hydrogen-bond donors (Lipinski definition) is 1. The molecule has 0 aromatic heterocycles. The molecule has 2 unspecified atom stereocenters. The molecule has 1 saturated heterocycles. The van der Waals surface area contributed by atoms with Crippen molar-refractivity contribution in [2.75, 3.05) is 13.1 Å². The van der Waals surface area contributed by atoms with E-state index in [9.17, 15) is 18.0 Å². The van der Waals surface area contributed by atoms with Crippen LogP contribution in [0.4, 0.5) is 13.2 Å². The number of nitrogens with zero attached hydrogens (tertiary/aromatic N) is 1. The molecule has 1 fully saturated rings. The van der Waals surface area contributed by atoms with Crippen LogP contribution in [0.1, 0.15) is 37.3 Å². The van der Waals surface area contributed by atoms with Crippen molar-refractivity contribution >= 4 is 18.3 Å². The van der Waals surface area contributed by atoms with Gasteiger partial charge in [-0.15, -0.1) is 12.4 Å². The van der Waals surface area contributed by atoms with E-state index in [1.807, 2.05) is 11.8 Å². The molecule has 0 spiro atoms. The number of nitrogens with two attached hydrogens (primary N) is 1. The Bertz CT molecular complexity index is 534. The van der Waals surface area contributed by atoms with Crippen molar-refractivity contribution < 1.29 is 18.0 Å². The Labute approximate surface area is 146 Å². The van der Waals surface area contributed by atoms with Gasteiger partial charge in [0, 0.05) is 25.0 Å². The predicted molar refractivity (Wildman–Crippen MR) is 90.0 cm³/mol. The zero-order chi connectivity index (χ0) is 17.0. The third-order valence-electron chi connectivity index (χ3n) is 4.43. The van der Waals surface area contributed by atoms with Gasteiger partial charge in [0.05, 0.1) is 5.56 Å². The van der Waals surface area contributed by atoms with Gasteiger partial charge in [0.15, 0.2) is 0 Å². The zero-order valence-corrected chi connectivity index (χ0v) is 14.5. The molecule has 2 N–H and O–H groups in total. The number of piperidine rings is 1. The highest BCUT2D eigenvalue weighted by atomic mass is 35.5. The van der Waals surface area contributed by atoms with Gasteiger partial charge in [-0.3, -0.25) is 4.79 Å². The van der Waals surface area contributed by atoms with Crippen LogP contribution in [0.3, 0.4) is 0 Å². The third-order valence-corrected chi connectivity index (χ3v) is 4.43. The van der Waals surface area contributed by atoms with Crippen molar-refractivity contribution in [2.45, 2.75) is 44.8 Å². The second kappa shape index (κ2) is 8.72. The summed E-state index contributed by atoms with van der Waals surface area (Å²) in [5, 5.41) is 0. The number of carbonyl (C=O) groups excluding carboxylic acids is 1. The molecule has 136 valence electrons. The molecule has 7 heteroatoms. The number of likely N-dealkylation sites (tertiary alicyclic amines) is 1. The van der Waals surface area contributed by atoms with Crippen molar-refractivity contribution in [3.05, 3.63) is 35.4 Å². The molecule has 24 heavy (non-hydrogen) atoms. The van der Waals surface area contributed by atoms with Crippen LogP contribution in [0.15, 0.2) is 24.3 Å². The summed E-state index contributed by atoms with van der Waals surface area (Å²) in [7, 11) is 0. The Morgan fingerprint density at radius 1 is 1.29 bits per heavy atom. The first kappa shape index (κ1) is 20.8. The zero-order valence-electron chi connectivity index (χ0n) is 13.7. The van der Waals surface area contributed by atoms with E-state index in [2.05, 4.69) is 0 Å². The molecule has 0 aliphatic carbocycles. The summed E-state index contributed by atoms with van der Waals surface area (Å²) < 4.78 is 37.7. The minimum absolute atomic E-state index is 0. The monoisotopic (exact) mass is 364 g/mol. The van der Waals surface area contributed by atoms with E-state index in [-0.39, 0.29) is 30.3 Å². The van der Waals surface area contributed by atoms with Crippen molar-refractivity contribution in [1.29, 1.82) is 0 Å². The molecule has 2 rings (SSSR count). The van der Waals surface area contributed by atoms with Gasteiger partial charge in [-0.2, -0.15) is 13.2 Å². The quantitative estimate of drug-likeness (QED) is 0.886. The molecular weight excluding hydrogens is 341 g/mol. The van der Waals surface area contributed by atoms with E-state index in [4.69, 9.17) is 5.73 Å². The van der Waals surface area contributed by atoms with Crippen LogP contribution in [0, 0.1) is 5.92 Å². The second-order valence-corrected chi connectivity index (χ2v) is 6.22. The van der Waals surface area contributed by atoms with Crippen LogP contribution < -0.4 is 5.73 Å². The lowest BCUT2D eigenvalue weighted by Gasteiger charge is -2.36. The van der Waals surface area contributed by atoms with E-state index >= 15 is 0 Å².